The van der Waals surface area contributed by atoms with E-state index in [2.05, 4.69) is 10.2 Å². The van der Waals surface area contributed by atoms with Crippen molar-refractivity contribution in [1.29, 1.82) is 0 Å². The highest BCUT2D eigenvalue weighted by molar-refractivity contribution is 5.88. The number of carbonyl (C=O) groups is 1. The Balaban J connectivity index is 1.88. The zero-order valence-corrected chi connectivity index (χ0v) is 10.2. The van der Waals surface area contributed by atoms with Crippen LogP contribution in [0, 0.1) is 0 Å². The molecule has 1 saturated heterocycles. The molecule has 2 rings (SSSR count). The molecule has 0 aromatic heterocycles. The monoisotopic (exact) mass is 250 g/mol. The Hall–Kier alpha value is -1.63. The largest absolute Gasteiger partial charge is 0.379 e. The van der Waals surface area contributed by atoms with Crippen LogP contribution in [0.15, 0.2) is 24.3 Å². The number of nitrogens with two attached hydrogens (primary N) is 1. The van der Waals surface area contributed by atoms with Crippen LogP contribution in [0.3, 0.4) is 0 Å². The van der Waals surface area contributed by atoms with E-state index in [1.807, 2.05) is 29.7 Å². The number of hydrogen-bond acceptors (Lipinski definition) is 4. The number of nitrogens with one attached hydrogen (secondary N) is 2. The van der Waals surface area contributed by atoms with E-state index in [0.29, 0.717) is 0 Å². The van der Waals surface area contributed by atoms with Gasteiger partial charge in [0, 0.05) is 25.3 Å². The molecular weight excluding hydrogens is 232 g/mol. The SMILES string of the molecule is NNC(=O)Nc1ccc(CN2CCOCC2)cc1. The highest BCUT2D eigenvalue weighted by Gasteiger charge is 2.10. The van der Waals surface area contributed by atoms with Gasteiger partial charge in [-0.15, -0.1) is 0 Å². The number of anilines is 1. The molecule has 1 heterocycles. The molecule has 0 radical (unpaired) electrons. The number of morpholine rings is 1. The van der Waals surface area contributed by atoms with Crippen LogP contribution < -0.4 is 16.6 Å². The second kappa shape index (κ2) is 6.34. The van der Waals surface area contributed by atoms with E-state index in [0.717, 1.165) is 38.5 Å². The Morgan fingerprint density at radius 1 is 1.28 bits per heavy atom. The molecule has 0 bridgehead atoms. The summed E-state index contributed by atoms with van der Waals surface area (Å²) in [4.78, 5) is 13.4. The molecule has 4 N–H and O–H groups in total. The van der Waals surface area contributed by atoms with Crippen molar-refractivity contribution in [2.75, 3.05) is 31.6 Å². The summed E-state index contributed by atoms with van der Waals surface area (Å²) in [6.45, 7) is 4.45. The van der Waals surface area contributed by atoms with Crippen LogP contribution in [0.4, 0.5) is 10.5 Å². The summed E-state index contributed by atoms with van der Waals surface area (Å²) in [7, 11) is 0. The van der Waals surface area contributed by atoms with E-state index >= 15 is 0 Å². The van der Waals surface area contributed by atoms with Gasteiger partial charge in [-0.3, -0.25) is 10.3 Å². The quantitative estimate of drug-likeness (QED) is 0.415. The average molecular weight is 250 g/mol. The van der Waals surface area contributed by atoms with Gasteiger partial charge in [0.05, 0.1) is 13.2 Å². The fourth-order valence-corrected chi connectivity index (χ4v) is 1.88. The van der Waals surface area contributed by atoms with Crippen LogP contribution in [0.2, 0.25) is 0 Å². The van der Waals surface area contributed by atoms with E-state index in [1.165, 1.54) is 5.56 Å². The number of nitrogens with zero attached hydrogens (tertiary/aromatic N) is 1. The number of urea groups is 1. The Morgan fingerprint density at radius 2 is 1.94 bits per heavy atom. The normalized spacial score (nSPS) is 16.3. The van der Waals surface area contributed by atoms with Gasteiger partial charge in [-0.05, 0) is 17.7 Å². The lowest BCUT2D eigenvalue weighted by Gasteiger charge is -2.26. The van der Waals surface area contributed by atoms with Gasteiger partial charge in [0.1, 0.15) is 0 Å². The van der Waals surface area contributed by atoms with Gasteiger partial charge in [0.2, 0.25) is 0 Å². The number of rotatable bonds is 3. The first kappa shape index (κ1) is 12.8. The number of benzene rings is 1. The van der Waals surface area contributed by atoms with Crippen LogP contribution in [0.25, 0.3) is 0 Å². The van der Waals surface area contributed by atoms with Crippen molar-refractivity contribution in [2.45, 2.75) is 6.54 Å². The van der Waals surface area contributed by atoms with Gasteiger partial charge in [0.15, 0.2) is 0 Å². The molecule has 1 aliphatic heterocycles. The van der Waals surface area contributed by atoms with E-state index < -0.39 is 6.03 Å². The smallest absolute Gasteiger partial charge is 0.333 e. The molecule has 0 aliphatic carbocycles. The molecule has 0 atom stereocenters. The molecular formula is C12H18N4O2. The summed E-state index contributed by atoms with van der Waals surface area (Å²) >= 11 is 0. The van der Waals surface area contributed by atoms with Crippen molar-refractivity contribution in [3.8, 4) is 0 Å². The molecule has 6 nitrogen and oxygen atoms in total. The maximum atomic E-state index is 11.0. The summed E-state index contributed by atoms with van der Waals surface area (Å²) in [6.07, 6.45) is 0. The average Bonchev–Trinajstić information content (AvgIpc) is 2.42. The van der Waals surface area contributed by atoms with Crippen LogP contribution in [-0.4, -0.2) is 37.2 Å². The minimum absolute atomic E-state index is 0.420. The van der Waals surface area contributed by atoms with E-state index in [1.54, 1.807) is 0 Å². The summed E-state index contributed by atoms with van der Waals surface area (Å²) in [5.41, 5.74) is 3.97. The molecule has 0 unspecified atom stereocenters. The Kier molecular flexibility index (Phi) is 4.52. The summed E-state index contributed by atoms with van der Waals surface area (Å²) in [5.74, 6) is 4.99. The topological polar surface area (TPSA) is 79.6 Å². The van der Waals surface area contributed by atoms with Crippen molar-refractivity contribution < 1.29 is 9.53 Å². The third kappa shape index (κ3) is 3.69. The maximum absolute atomic E-state index is 11.0. The molecule has 1 aromatic rings. The lowest BCUT2D eigenvalue weighted by atomic mass is 10.2. The summed E-state index contributed by atoms with van der Waals surface area (Å²) < 4.78 is 5.30. The van der Waals surface area contributed by atoms with Gasteiger partial charge in [-0.25, -0.2) is 10.6 Å². The standard InChI is InChI=1S/C12H18N4O2/c13-15-12(17)14-11-3-1-10(2-4-11)9-16-5-7-18-8-6-16/h1-4H,5-9,13H2,(H2,14,15,17). The molecule has 1 fully saturated rings. The third-order valence-corrected chi connectivity index (χ3v) is 2.85. The fourth-order valence-electron chi connectivity index (χ4n) is 1.88. The van der Waals surface area contributed by atoms with Crippen molar-refractivity contribution in [3.63, 3.8) is 0 Å². The van der Waals surface area contributed by atoms with Gasteiger partial charge >= 0.3 is 6.03 Å². The van der Waals surface area contributed by atoms with E-state index in [9.17, 15) is 4.79 Å². The zero-order chi connectivity index (χ0) is 12.8. The van der Waals surface area contributed by atoms with Gasteiger partial charge in [0.25, 0.3) is 0 Å². The minimum Gasteiger partial charge on any atom is -0.379 e. The zero-order valence-electron chi connectivity index (χ0n) is 10.2. The maximum Gasteiger partial charge on any atom is 0.333 e. The van der Waals surface area contributed by atoms with Gasteiger partial charge < -0.3 is 10.1 Å². The predicted octanol–water partition coefficient (Wildman–Crippen LogP) is 0.514. The van der Waals surface area contributed by atoms with E-state index in [4.69, 9.17) is 10.6 Å². The van der Waals surface area contributed by atoms with Gasteiger partial charge in [-0.1, -0.05) is 12.1 Å². The molecule has 0 saturated carbocycles. The predicted molar refractivity (Wildman–Crippen MR) is 68.9 cm³/mol. The van der Waals surface area contributed by atoms with Crippen molar-refractivity contribution in [1.82, 2.24) is 10.3 Å². The molecule has 6 heteroatoms. The number of hydrazine groups is 1. The highest BCUT2D eigenvalue weighted by atomic mass is 16.5. The molecule has 2 amide bonds. The van der Waals surface area contributed by atoms with Crippen LogP contribution in [-0.2, 0) is 11.3 Å². The third-order valence-electron chi connectivity index (χ3n) is 2.85. The van der Waals surface area contributed by atoms with E-state index in [-0.39, 0.29) is 0 Å². The fraction of sp³-hybridized carbons (Fsp3) is 0.417. The summed E-state index contributed by atoms with van der Waals surface area (Å²) in [6, 6.07) is 7.31. The second-order valence-electron chi connectivity index (χ2n) is 4.18. The first-order chi connectivity index (χ1) is 8.78. The van der Waals surface area contributed by atoms with Crippen molar-refractivity contribution in [3.05, 3.63) is 29.8 Å². The van der Waals surface area contributed by atoms with Gasteiger partial charge in [-0.2, -0.15) is 0 Å². The lowest BCUT2D eigenvalue weighted by molar-refractivity contribution is 0.0342. The molecule has 18 heavy (non-hydrogen) atoms. The van der Waals surface area contributed by atoms with Crippen LogP contribution in [0.5, 0.6) is 0 Å². The first-order valence-electron chi connectivity index (χ1n) is 5.94. The minimum atomic E-state index is -0.420. The highest BCUT2D eigenvalue weighted by Crippen LogP contribution is 2.12. The number of ether oxygens (including phenoxy) is 1. The number of hydrogen-bond donors (Lipinski definition) is 3. The first-order valence-corrected chi connectivity index (χ1v) is 5.94. The second-order valence-corrected chi connectivity index (χ2v) is 4.18. The molecule has 1 aliphatic rings. The van der Waals surface area contributed by atoms with Crippen LogP contribution in [0.1, 0.15) is 5.56 Å². The van der Waals surface area contributed by atoms with Crippen molar-refractivity contribution in [2.24, 2.45) is 5.84 Å². The molecule has 1 aromatic carbocycles. The Morgan fingerprint density at radius 3 is 2.56 bits per heavy atom. The Labute approximate surface area is 106 Å². The van der Waals surface area contributed by atoms with Crippen molar-refractivity contribution >= 4 is 11.7 Å². The summed E-state index contributed by atoms with van der Waals surface area (Å²) in [5, 5.41) is 2.61. The number of carbonyl (C=O) groups excluding carboxylic acids is 1. The molecule has 0 spiro atoms. The Bertz CT molecular complexity index is 388. The van der Waals surface area contributed by atoms with Crippen LogP contribution >= 0.6 is 0 Å². The number of amides is 2. The molecule has 98 valence electrons. The lowest BCUT2D eigenvalue weighted by Crippen LogP contribution is -2.35.